The highest BCUT2D eigenvalue weighted by Crippen LogP contribution is 2.29. The molecule has 0 aliphatic heterocycles. The highest BCUT2D eigenvalue weighted by Gasteiger charge is 2.21. The standard InChI is InChI=1S/C21H25ClN2O5/c1-4-11-27-17-9-8-15(13-18(17)28-12-5-2)21(26)29-14(3)20(25)24-16-7-6-10-23-19(16)22/h6-10,13-14H,4-5,11-12H2,1-3H3,(H,24,25)/t14-/m1/s1. The first-order chi connectivity index (χ1) is 14.0. The summed E-state index contributed by atoms with van der Waals surface area (Å²) in [7, 11) is 0. The van der Waals surface area contributed by atoms with E-state index in [2.05, 4.69) is 10.3 Å². The number of pyridine rings is 1. The first kappa shape index (κ1) is 22.5. The molecule has 1 atom stereocenters. The Morgan fingerprint density at radius 1 is 1.10 bits per heavy atom. The van der Waals surface area contributed by atoms with Crippen molar-refractivity contribution in [1.82, 2.24) is 4.98 Å². The van der Waals surface area contributed by atoms with Gasteiger partial charge in [-0.1, -0.05) is 25.4 Å². The maximum Gasteiger partial charge on any atom is 0.339 e. The third kappa shape index (κ3) is 6.64. The van der Waals surface area contributed by atoms with E-state index in [4.69, 9.17) is 25.8 Å². The minimum Gasteiger partial charge on any atom is -0.490 e. The van der Waals surface area contributed by atoms with Crippen LogP contribution in [0.5, 0.6) is 11.5 Å². The third-order valence-electron chi connectivity index (χ3n) is 3.77. The lowest BCUT2D eigenvalue weighted by Crippen LogP contribution is -2.30. The van der Waals surface area contributed by atoms with Gasteiger partial charge in [0, 0.05) is 6.20 Å². The van der Waals surface area contributed by atoms with E-state index in [1.165, 1.54) is 13.1 Å². The molecular weight excluding hydrogens is 396 g/mol. The van der Waals surface area contributed by atoms with Crippen LogP contribution >= 0.6 is 11.6 Å². The number of halogens is 1. The van der Waals surface area contributed by atoms with Crippen molar-refractivity contribution in [2.24, 2.45) is 0 Å². The number of aromatic nitrogens is 1. The molecule has 8 heteroatoms. The van der Waals surface area contributed by atoms with Gasteiger partial charge in [-0.2, -0.15) is 0 Å². The number of nitrogens with zero attached hydrogens (tertiary/aromatic N) is 1. The molecule has 1 aromatic heterocycles. The van der Waals surface area contributed by atoms with Crippen molar-refractivity contribution in [3.8, 4) is 11.5 Å². The highest BCUT2D eigenvalue weighted by atomic mass is 35.5. The number of ether oxygens (including phenoxy) is 3. The van der Waals surface area contributed by atoms with Crippen molar-refractivity contribution in [3.63, 3.8) is 0 Å². The van der Waals surface area contributed by atoms with Crippen molar-refractivity contribution in [1.29, 1.82) is 0 Å². The van der Waals surface area contributed by atoms with Crippen LogP contribution in [-0.4, -0.2) is 36.2 Å². The maximum absolute atomic E-state index is 12.5. The van der Waals surface area contributed by atoms with Crippen LogP contribution in [0.1, 0.15) is 44.0 Å². The first-order valence-corrected chi connectivity index (χ1v) is 9.86. The second kappa shape index (κ2) is 11.3. The molecule has 0 radical (unpaired) electrons. The van der Waals surface area contributed by atoms with E-state index in [1.54, 1.807) is 30.3 Å². The lowest BCUT2D eigenvalue weighted by Gasteiger charge is -2.16. The molecule has 1 N–H and O–H groups in total. The Kier molecular flexibility index (Phi) is 8.73. The number of amides is 1. The molecular formula is C21H25ClN2O5. The molecule has 0 saturated carbocycles. The van der Waals surface area contributed by atoms with Gasteiger partial charge in [-0.15, -0.1) is 0 Å². The predicted molar refractivity (Wildman–Crippen MR) is 111 cm³/mol. The molecule has 1 amide bonds. The molecule has 0 aliphatic rings. The number of anilines is 1. The Morgan fingerprint density at radius 2 is 1.79 bits per heavy atom. The number of hydrogen-bond donors (Lipinski definition) is 1. The molecule has 2 aromatic rings. The van der Waals surface area contributed by atoms with E-state index in [9.17, 15) is 9.59 Å². The number of carbonyl (C=O) groups is 2. The van der Waals surface area contributed by atoms with Crippen molar-refractivity contribution < 1.29 is 23.8 Å². The molecule has 1 heterocycles. The summed E-state index contributed by atoms with van der Waals surface area (Å²) in [5.41, 5.74) is 0.605. The number of nitrogens with one attached hydrogen (secondary N) is 1. The van der Waals surface area contributed by atoms with Crippen LogP contribution in [0.15, 0.2) is 36.5 Å². The zero-order valence-corrected chi connectivity index (χ0v) is 17.5. The summed E-state index contributed by atoms with van der Waals surface area (Å²) >= 11 is 5.93. The zero-order chi connectivity index (χ0) is 21.2. The van der Waals surface area contributed by atoms with Crippen LogP contribution in [-0.2, 0) is 9.53 Å². The fourth-order valence-corrected chi connectivity index (χ4v) is 2.45. The van der Waals surface area contributed by atoms with Gasteiger partial charge in [-0.05, 0) is 50.1 Å². The number of hydrogen-bond acceptors (Lipinski definition) is 6. The average Bonchev–Trinajstić information content (AvgIpc) is 2.72. The summed E-state index contributed by atoms with van der Waals surface area (Å²) in [6.07, 6.45) is 2.14. The molecule has 0 fully saturated rings. The number of benzene rings is 1. The Balaban J connectivity index is 2.06. The second-order valence-electron chi connectivity index (χ2n) is 6.24. The van der Waals surface area contributed by atoms with Crippen molar-refractivity contribution in [3.05, 3.63) is 47.2 Å². The van der Waals surface area contributed by atoms with Gasteiger partial charge in [0.15, 0.2) is 22.8 Å². The molecule has 0 bridgehead atoms. The van der Waals surface area contributed by atoms with E-state index in [1.807, 2.05) is 13.8 Å². The first-order valence-electron chi connectivity index (χ1n) is 9.48. The Hall–Kier alpha value is -2.80. The highest BCUT2D eigenvalue weighted by molar-refractivity contribution is 6.32. The lowest BCUT2D eigenvalue weighted by atomic mass is 10.2. The zero-order valence-electron chi connectivity index (χ0n) is 16.7. The number of rotatable bonds is 10. The van der Waals surface area contributed by atoms with Gasteiger partial charge in [-0.25, -0.2) is 9.78 Å². The summed E-state index contributed by atoms with van der Waals surface area (Å²) < 4.78 is 16.6. The van der Waals surface area contributed by atoms with Gasteiger partial charge in [0.05, 0.1) is 24.5 Å². The Morgan fingerprint density at radius 3 is 2.45 bits per heavy atom. The largest absolute Gasteiger partial charge is 0.490 e. The fraction of sp³-hybridized carbons (Fsp3) is 0.381. The summed E-state index contributed by atoms with van der Waals surface area (Å²) in [4.78, 5) is 28.7. The average molecular weight is 421 g/mol. The quantitative estimate of drug-likeness (QED) is 0.450. The van der Waals surface area contributed by atoms with Crippen LogP contribution in [0.2, 0.25) is 5.15 Å². The van der Waals surface area contributed by atoms with Gasteiger partial charge in [0.2, 0.25) is 0 Å². The molecule has 156 valence electrons. The summed E-state index contributed by atoms with van der Waals surface area (Å²) in [6, 6.07) is 8.05. The summed E-state index contributed by atoms with van der Waals surface area (Å²) in [6.45, 7) is 6.50. The van der Waals surface area contributed by atoms with Crippen LogP contribution in [0.4, 0.5) is 5.69 Å². The minimum absolute atomic E-state index is 0.153. The van der Waals surface area contributed by atoms with Gasteiger partial charge < -0.3 is 19.5 Å². The van der Waals surface area contributed by atoms with Crippen molar-refractivity contribution in [2.75, 3.05) is 18.5 Å². The summed E-state index contributed by atoms with van der Waals surface area (Å²) in [5.74, 6) is -0.130. The Labute approximate surface area is 175 Å². The number of carbonyl (C=O) groups excluding carboxylic acids is 2. The van der Waals surface area contributed by atoms with Gasteiger partial charge >= 0.3 is 5.97 Å². The van der Waals surface area contributed by atoms with Gasteiger partial charge in [0.25, 0.3) is 5.91 Å². The smallest absolute Gasteiger partial charge is 0.339 e. The lowest BCUT2D eigenvalue weighted by molar-refractivity contribution is -0.123. The predicted octanol–water partition coefficient (Wildman–Crippen LogP) is 4.50. The van der Waals surface area contributed by atoms with Crippen LogP contribution in [0, 0.1) is 0 Å². The molecule has 0 unspecified atom stereocenters. The number of esters is 1. The monoisotopic (exact) mass is 420 g/mol. The Bertz CT molecular complexity index is 844. The normalized spacial score (nSPS) is 11.4. The summed E-state index contributed by atoms with van der Waals surface area (Å²) in [5, 5.41) is 2.74. The van der Waals surface area contributed by atoms with Crippen LogP contribution in [0.3, 0.4) is 0 Å². The van der Waals surface area contributed by atoms with Crippen molar-refractivity contribution in [2.45, 2.75) is 39.7 Å². The third-order valence-corrected chi connectivity index (χ3v) is 4.07. The van der Waals surface area contributed by atoms with E-state index < -0.39 is 18.0 Å². The molecule has 0 aliphatic carbocycles. The fourth-order valence-electron chi connectivity index (χ4n) is 2.29. The molecule has 2 rings (SSSR count). The minimum atomic E-state index is -1.03. The second-order valence-corrected chi connectivity index (χ2v) is 6.60. The van der Waals surface area contributed by atoms with Gasteiger partial charge in [-0.3, -0.25) is 4.79 Å². The van der Waals surface area contributed by atoms with Crippen LogP contribution < -0.4 is 14.8 Å². The SMILES string of the molecule is CCCOc1ccc(C(=O)O[C@H](C)C(=O)Nc2cccnc2Cl)cc1OCCC. The molecule has 29 heavy (non-hydrogen) atoms. The topological polar surface area (TPSA) is 86.8 Å². The van der Waals surface area contributed by atoms with E-state index in [0.717, 1.165) is 12.8 Å². The molecule has 0 spiro atoms. The molecule has 1 aromatic carbocycles. The van der Waals surface area contributed by atoms with Crippen LogP contribution in [0.25, 0.3) is 0 Å². The van der Waals surface area contributed by atoms with E-state index in [0.29, 0.717) is 30.4 Å². The van der Waals surface area contributed by atoms with E-state index >= 15 is 0 Å². The molecule has 0 saturated heterocycles. The van der Waals surface area contributed by atoms with Gasteiger partial charge in [0.1, 0.15) is 0 Å². The van der Waals surface area contributed by atoms with E-state index in [-0.39, 0.29) is 10.7 Å². The molecule has 7 nitrogen and oxygen atoms in total. The maximum atomic E-state index is 12.5. The van der Waals surface area contributed by atoms with Crippen molar-refractivity contribution >= 4 is 29.2 Å².